The fourth-order valence-electron chi connectivity index (χ4n) is 5.34. The number of hydrogen-bond acceptors (Lipinski definition) is 7. The minimum Gasteiger partial charge on any atom is -0.469 e. The molecule has 0 aliphatic heterocycles. The lowest BCUT2D eigenvalue weighted by molar-refractivity contribution is -0.143. The summed E-state index contributed by atoms with van der Waals surface area (Å²) in [6, 6.07) is 17.2. The van der Waals surface area contributed by atoms with Crippen molar-refractivity contribution >= 4 is 11.9 Å². The van der Waals surface area contributed by atoms with Gasteiger partial charge in [-0.3, -0.25) is 9.59 Å². The van der Waals surface area contributed by atoms with E-state index in [2.05, 4.69) is 15.2 Å². The molecule has 2 aromatic carbocycles. The van der Waals surface area contributed by atoms with Gasteiger partial charge in [-0.15, -0.1) is 0 Å². The summed E-state index contributed by atoms with van der Waals surface area (Å²) in [5, 5.41) is 28.1. The van der Waals surface area contributed by atoms with E-state index < -0.39 is 18.2 Å². The molecule has 0 fully saturated rings. The summed E-state index contributed by atoms with van der Waals surface area (Å²) >= 11 is 0. The van der Waals surface area contributed by atoms with Crippen LogP contribution in [0.2, 0.25) is 0 Å². The van der Waals surface area contributed by atoms with Gasteiger partial charge in [-0.2, -0.15) is 0 Å². The summed E-state index contributed by atoms with van der Waals surface area (Å²) in [6.07, 6.45) is -1.63. The number of ether oxygens (including phenoxy) is 1. The quantitative estimate of drug-likeness (QED) is 0.178. The van der Waals surface area contributed by atoms with Crippen LogP contribution in [-0.4, -0.2) is 51.1 Å². The number of carbonyl (C=O) groups excluding carboxylic acids is 2. The van der Waals surface area contributed by atoms with Gasteiger partial charge in [-0.1, -0.05) is 47.6 Å². The van der Waals surface area contributed by atoms with Crippen molar-refractivity contribution < 1.29 is 33.5 Å². The van der Waals surface area contributed by atoms with Crippen LogP contribution in [0.15, 0.2) is 65.2 Å². The van der Waals surface area contributed by atoms with E-state index in [-0.39, 0.29) is 43.6 Å². The molecule has 0 radical (unpaired) electrons. The average molecular weight is 592 g/mol. The molecule has 0 spiro atoms. The maximum absolute atomic E-state index is 14.0. The molecule has 0 saturated carbocycles. The largest absolute Gasteiger partial charge is 0.469 e. The third-order valence-electron chi connectivity index (χ3n) is 7.23. The lowest BCUT2D eigenvalue weighted by Gasteiger charge is -2.20. The second-order valence-electron chi connectivity index (χ2n) is 10.9. The van der Waals surface area contributed by atoms with Crippen LogP contribution in [0.5, 0.6) is 0 Å². The zero-order valence-corrected chi connectivity index (χ0v) is 24.8. The second-order valence-corrected chi connectivity index (χ2v) is 10.9. The van der Waals surface area contributed by atoms with Gasteiger partial charge in [0.25, 0.3) is 5.91 Å². The number of rotatable bonds is 13. The van der Waals surface area contributed by atoms with Crippen molar-refractivity contribution in [1.29, 1.82) is 0 Å². The molecule has 3 N–H and O–H groups in total. The number of nitrogens with zero attached hydrogens (tertiary/aromatic N) is 2. The van der Waals surface area contributed by atoms with Gasteiger partial charge in [-0.05, 0) is 63.3 Å². The van der Waals surface area contributed by atoms with Crippen LogP contribution in [0, 0.1) is 12.7 Å². The van der Waals surface area contributed by atoms with Gasteiger partial charge >= 0.3 is 5.97 Å². The molecule has 0 unspecified atom stereocenters. The van der Waals surface area contributed by atoms with Crippen molar-refractivity contribution in [3.63, 3.8) is 0 Å². The van der Waals surface area contributed by atoms with E-state index >= 15 is 0 Å². The van der Waals surface area contributed by atoms with Gasteiger partial charge in [0.2, 0.25) is 0 Å². The number of aliphatic hydroxyl groups excluding tert-OH is 2. The van der Waals surface area contributed by atoms with E-state index in [9.17, 15) is 24.2 Å². The molecular weight excluding hydrogens is 553 g/mol. The predicted molar refractivity (Wildman–Crippen MR) is 160 cm³/mol. The van der Waals surface area contributed by atoms with E-state index in [0.717, 1.165) is 22.4 Å². The average Bonchev–Trinajstić information content (AvgIpc) is 3.56. The first-order valence-electron chi connectivity index (χ1n) is 14.3. The molecule has 0 saturated heterocycles. The van der Waals surface area contributed by atoms with E-state index in [1.807, 2.05) is 48.7 Å². The van der Waals surface area contributed by atoms with Crippen LogP contribution in [0.3, 0.4) is 0 Å². The fraction of sp³-hybridized carbons (Fsp3) is 0.364. The smallest absolute Gasteiger partial charge is 0.308 e. The number of aliphatic hydroxyl groups is 2. The van der Waals surface area contributed by atoms with Crippen molar-refractivity contribution in [3.8, 4) is 22.3 Å². The highest BCUT2D eigenvalue weighted by Gasteiger charge is 2.30. The number of amides is 1. The molecular formula is C33H38FN3O6. The van der Waals surface area contributed by atoms with Gasteiger partial charge in [0.05, 0.1) is 32.3 Å². The van der Waals surface area contributed by atoms with Crippen molar-refractivity contribution in [2.24, 2.45) is 0 Å². The number of nitrogens with one attached hydrogen (secondary N) is 1. The predicted octanol–water partition coefficient (Wildman–Crippen LogP) is 5.38. The first-order valence-corrected chi connectivity index (χ1v) is 14.3. The number of aryl methyl sites for hydroxylation is 1. The minimum absolute atomic E-state index is 0.0145. The summed E-state index contributed by atoms with van der Waals surface area (Å²) in [5.74, 6) is -0.630. The van der Waals surface area contributed by atoms with Crippen LogP contribution in [0.25, 0.3) is 22.3 Å². The molecule has 2 atom stereocenters. The Balaban J connectivity index is 1.82. The number of esters is 1. The molecule has 2 heterocycles. The molecule has 2 aromatic heterocycles. The fourth-order valence-corrected chi connectivity index (χ4v) is 5.34. The standard InChI is InChI=1S/C33H38FN3O6/c1-20(2)37-28(15-14-26(38)17-27(39)18-29(40)42-4)30(23-10-12-24(34)13-11-23)31(22-8-6-5-7-9-22)32(37)33(41)35-19-25-16-21(3)43-36-25/h5-13,16,20,26-27,38-39H,14-15,17-19H2,1-4H3,(H,35,41)/t26-,27-/m1/s1. The normalized spacial score (nSPS) is 12.7. The van der Waals surface area contributed by atoms with E-state index in [0.29, 0.717) is 29.1 Å². The molecule has 228 valence electrons. The van der Waals surface area contributed by atoms with Gasteiger partial charge < -0.3 is 29.4 Å². The van der Waals surface area contributed by atoms with E-state index in [1.165, 1.54) is 19.2 Å². The minimum atomic E-state index is -1.06. The third-order valence-corrected chi connectivity index (χ3v) is 7.23. The number of benzene rings is 2. The molecule has 0 bridgehead atoms. The van der Waals surface area contributed by atoms with Crippen LogP contribution in [0.4, 0.5) is 4.39 Å². The SMILES string of the molecule is COC(=O)C[C@H](O)C[C@H](O)CCc1c(-c2ccc(F)cc2)c(-c2ccccc2)c(C(=O)NCc2cc(C)on2)n1C(C)C. The second kappa shape index (κ2) is 14.3. The Bertz CT molecular complexity index is 1530. The lowest BCUT2D eigenvalue weighted by atomic mass is 9.92. The number of aromatic nitrogens is 2. The molecule has 4 rings (SSSR count). The summed E-state index contributed by atoms with van der Waals surface area (Å²) in [5.41, 5.74) is 4.76. The van der Waals surface area contributed by atoms with Gasteiger partial charge in [0.1, 0.15) is 23.0 Å². The van der Waals surface area contributed by atoms with Crippen LogP contribution < -0.4 is 5.32 Å². The Hall–Kier alpha value is -4.28. The molecule has 4 aromatic rings. The van der Waals surface area contributed by atoms with Gasteiger partial charge in [0, 0.05) is 28.9 Å². The van der Waals surface area contributed by atoms with Crippen molar-refractivity contribution in [2.45, 2.75) is 71.2 Å². The highest BCUT2D eigenvalue weighted by Crippen LogP contribution is 2.42. The number of hydrogen-bond donors (Lipinski definition) is 3. The highest BCUT2D eigenvalue weighted by molar-refractivity contribution is 6.05. The van der Waals surface area contributed by atoms with E-state index in [1.54, 1.807) is 25.1 Å². The van der Waals surface area contributed by atoms with E-state index in [4.69, 9.17) is 4.52 Å². The maximum atomic E-state index is 14.0. The maximum Gasteiger partial charge on any atom is 0.308 e. The summed E-state index contributed by atoms with van der Waals surface area (Å²) in [4.78, 5) is 25.6. The molecule has 9 nitrogen and oxygen atoms in total. The Morgan fingerprint density at radius 1 is 1.02 bits per heavy atom. The monoisotopic (exact) mass is 591 g/mol. The van der Waals surface area contributed by atoms with Crippen molar-refractivity contribution in [2.75, 3.05) is 7.11 Å². The van der Waals surface area contributed by atoms with Crippen LogP contribution >= 0.6 is 0 Å². The highest BCUT2D eigenvalue weighted by atomic mass is 19.1. The Morgan fingerprint density at radius 2 is 1.70 bits per heavy atom. The number of carbonyl (C=O) groups is 2. The first kappa shape index (κ1) is 31.7. The molecule has 43 heavy (non-hydrogen) atoms. The van der Waals surface area contributed by atoms with Gasteiger partial charge in [0.15, 0.2) is 0 Å². The summed E-state index contributed by atoms with van der Waals surface area (Å²) in [7, 11) is 1.24. The number of halogens is 1. The zero-order valence-electron chi connectivity index (χ0n) is 24.8. The van der Waals surface area contributed by atoms with Crippen LogP contribution in [-0.2, 0) is 22.5 Å². The third kappa shape index (κ3) is 7.77. The molecule has 1 amide bonds. The molecule has 10 heteroatoms. The van der Waals surface area contributed by atoms with Crippen LogP contribution in [0.1, 0.15) is 66.8 Å². The molecule has 0 aliphatic carbocycles. The topological polar surface area (TPSA) is 127 Å². The number of methoxy groups -OCH3 is 1. The molecule has 0 aliphatic rings. The summed E-state index contributed by atoms with van der Waals surface area (Å²) < 4.78 is 25.8. The lowest BCUT2D eigenvalue weighted by Crippen LogP contribution is -2.27. The van der Waals surface area contributed by atoms with Crippen molar-refractivity contribution in [3.05, 3.63) is 89.3 Å². The Morgan fingerprint density at radius 3 is 2.30 bits per heavy atom. The first-order chi connectivity index (χ1) is 20.6. The van der Waals surface area contributed by atoms with Gasteiger partial charge in [-0.25, -0.2) is 4.39 Å². The Kier molecular flexibility index (Phi) is 10.5. The zero-order chi connectivity index (χ0) is 31.1. The van der Waals surface area contributed by atoms with Crippen molar-refractivity contribution in [1.82, 2.24) is 15.0 Å². The Labute approximate surface area is 250 Å². The summed E-state index contributed by atoms with van der Waals surface area (Å²) in [6.45, 7) is 5.88.